The SMILES string of the molecule is CC(C)(C)OC(=O)NCCCNc1cccc(OC(F)(F)F)c1. The van der Waals surface area contributed by atoms with Gasteiger partial charge in [-0.15, -0.1) is 13.2 Å². The number of ether oxygens (including phenoxy) is 2. The Hall–Kier alpha value is -2.12. The van der Waals surface area contributed by atoms with E-state index in [0.717, 1.165) is 0 Å². The Morgan fingerprint density at radius 1 is 1.17 bits per heavy atom. The first kappa shape index (κ1) is 18.9. The maximum atomic E-state index is 12.1. The summed E-state index contributed by atoms with van der Waals surface area (Å²) in [5, 5.41) is 5.55. The highest BCUT2D eigenvalue weighted by Crippen LogP contribution is 2.24. The molecule has 0 atom stereocenters. The van der Waals surface area contributed by atoms with Crippen LogP contribution < -0.4 is 15.4 Å². The molecule has 1 amide bonds. The van der Waals surface area contributed by atoms with Crippen molar-refractivity contribution in [2.24, 2.45) is 0 Å². The Bertz CT molecular complexity index is 513. The van der Waals surface area contributed by atoms with Crippen LogP contribution >= 0.6 is 0 Å². The van der Waals surface area contributed by atoms with Crippen molar-refractivity contribution >= 4 is 11.8 Å². The van der Waals surface area contributed by atoms with Crippen LogP contribution in [-0.2, 0) is 4.74 Å². The molecule has 0 aromatic heterocycles. The molecule has 130 valence electrons. The third-order valence-electron chi connectivity index (χ3n) is 2.42. The Labute approximate surface area is 133 Å². The highest BCUT2D eigenvalue weighted by atomic mass is 19.4. The summed E-state index contributed by atoms with van der Waals surface area (Å²) in [6, 6.07) is 5.57. The van der Waals surface area contributed by atoms with E-state index in [1.165, 1.54) is 18.2 Å². The molecule has 23 heavy (non-hydrogen) atoms. The molecule has 2 N–H and O–H groups in total. The lowest BCUT2D eigenvalue weighted by atomic mass is 10.2. The van der Waals surface area contributed by atoms with Crippen LogP contribution in [0.2, 0.25) is 0 Å². The van der Waals surface area contributed by atoms with E-state index >= 15 is 0 Å². The van der Waals surface area contributed by atoms with Gasteiger partial charge in [-0.1, -0.05) is 6.07 Å². The van der Waals surface area contributed by atoms with Gasteiger partial charge in [-0.25, -0.2) is 4.79 Å². The number of alkyl carbamates (subject to hydrolysis) is 1. The van der Waals surface area contributed by atoms with E-state index in [2.05, 4.69) is 15.4 Å². The lowest BCUT2D eigenvalue weighted by Gasteiger charge is -2.19. The fourth-order valence-corrected chi connectivity index (χ4v) is 1.63. The third kappa shape index (κ3) is 9.49. The van der Waals surface area contributed by atoms with Gasteiger partial charge in [-0.3, -0.25) is 0 Å². The summed E-state index contributed by atoms with van der Waals surface area (Å²) in [7, 11) is 0. The van der Waals surface area contributed by atoms with Crippen molar-refractivity contribution in [3.05, 3.63) is 24.3 Å². The lowest BCUT2D eigenvalue weighted by Crippen LogP contribution is -2.33. The van der Waals surface area contributed by atoms with Crippen molar-refractivity contribution < 1.29 is 27.4 Å². The number of carbonyl (C=O) groups excluding carboxylic acids is 1. The van der Waals surface area contributed by atoms with Crippen LogP contribution in [0.15, 0.2) is 24.3 Å². The normalized spacial score (nSPS) is 11.7. The van der Waals surface area contributed by atoms with Crippen molar-refractivity contribution in [3.63, 3.8) is 0 Å². The van der Waals surface area contributed by atoms with Crippen LogP contribution in [0.3, 0.4) is 0 Å². The van der Waals surface area contributed by atoms with Gasteiger partial charge in [0.2, 0.25) is 0 Å². The second-order valence-electron chi connectivity index (χ2n) is 5.78. The number of amides is 1. The number of hydrogen-bond donors (Lipinski definition) is 2. The number of benzene rings is 1. The molecular formula is C15H21F3N2O3. The summed E-state index contributed by atoms with van der Waals surface area (Å²) < 4.78 is 45.3. The smallest absolute Gasteiger partial charge is 0.444 e. The molecule has 8 heteroatoms. The molecule has 5 nitrogen and oxygen atoms in total. The molecule has 1 aromatic carbocycles. The highest BCUT2D eigenvalue weighted by molar-refractivity contribution is 5.67. The topological polar surface area (TPSA) is 59.6 Å². The van der Waals surface area contributed by atoms with Crippen LogP contribution in [0.5, 0.6) is 5.75 Å². The van der Waals surface area contributed by atoms with Gasteiger partial charge in [0.1, 0.15) is 11.4 Å². The molecule has 1 aromatic rings. The van der Waals surface area contributed by atoms with Crippen LogP contribution in [0, 0.1) is 0 Å². The van der Waals surface area contributed by atoms with E-state index in [-0.39, 0.29) is 5.75 Å². The van der Waals surface area contributed by atoms with Gasteiger partial charge in [0.25, 0.3) is 0 Å². The Kier molecular flexibility index (Phi) is 6.53. The van der Waals surface area contributed by atoms with Gasteiger partial charge in [0, 0.05) is 24.8 Å². The Balaban J connectivity index is 2.28. The van der Waals surface area contributed by atoms with E-state index in [9.17, 15) is 18.0 Å². The molecule has 0 saturated carbocycles. The van der Waals surface area contributed by atoms with Crippen molar-refractivity contribution in [1.82, 2.24) is 5.32 Å². The van der Waals surface area contributed by atoms with Crippen LogP contribution in [-0.4, -0.2) is 31.1 Å². The van der Waals surface area contributed by atoms with Crippen molar-refractivity contribution in [2.75, 3.05) is 18.4 Å². The second-order valence-corrected chi connectivity index (χ2v) is 5.78. The zero-order valence-corrected chi connectivity index (χ0v) is 13.3. The predicted molar refractivity (Wildman–Crippen MR) is 80.5 cm³/mol. The number of halogens is 3. The lowest BCUT2D eigenvalue weighted by molar-refractivity contribution is -0.274. The minimum Gasteiger partial charge on any atom is -0.444 e. The second kappa shape index (κ2) is 7.94. The largest absolute Gasteiger partial charge is 0.573 e. The van der Waals surface area contributed by atoms with Crippen molar-refractivity contribution in [1.29, 1.82) is 0 Å². The molecule has 0 unspecified atom stereocenters. The first-order valence-corrected chi connectivity index (χ1v) is 7.12. The van der Waals surface area contributed by atoms with Crippen LogP contribution in [0.25, 0.3) is 0 Å². The fourth-order valence-electron chi connectivity index (χ4n) is 1.63. The highest BCUT2D eigenvalue weighted by Gasteiger charge is 2.31. The quantitative estimate of drug-likeness (QED) is 0.774. The Morgan fingerprint density at radius 2 is 1.87 bits per heavy atom. The fraction of sp³-hybridized carbons (Fsp3) is 0.533. The van der Waals surface area contributed by atoms with E-state index in [0.29, 0.717) is 25.2 Å². The summed E-state index contributed by atoms with van der Waals surface area (Å²) in [5.74, 6) is -0.283. The minimum absolute atomic E-state index is 0.283. The monoisotopic (exact) mass is 334 g/mol. The molecule has 0 saturated heterocycles. The third-order valence-corrected chi connectivity index (χ3v) is 2.42. The zero-order chi connectivity index (χ0) is 17.5. The van der Waals surface area contributed by atoms with E-state index in [1.54, 1.807) is 26.8 Å². The van der Waals surface area contributed by atoms with Crippen molar-refractivity contribution in [3.8, 4) is 5.75 Å². The van der Waals surface area contributed by atoms with Crippen LogP contribution in [0.1, 0.15) is 27.2 Å². The number of carbonyl (C=O) groups is 1. The number of anilines is 1. The first-order chi connectivity index (χ1) is 10.6. The predicted octanol–water partition coefficient (Wildman–Crippen LogP) is 3.91. The Morgan fingerprint density at radius 3 is 2.48 bits per heavy atom. The summed E-state index contributed by atoms with van der Waals surface area (Å²) in [4.78, 5) is 11.4. The molecule has 0 heterocycles. The number of rotatable bonds is 6. The molecule has 0 aliphatic rings. The van der Waals surface area contributed by atoms with E-state index in [1.807, 2.05) is 0 Å². The van der Waals surface area contributed by atoms with Gasteiger partial charge in [0.15, 0.2) is 0 Å². The molecule has 0 aliphatic heterocycles. The average molecular weight is 334 g/mol. The summed E-state index contributed by atoms with van der Waals surface area (Å²) in [5.41, 5.74) is -0.0506. The van der Waals surface area contributed by atoms with Gasteiger partial charge in [-0.05, 0) is 39.3 Å². The van der Waals surface area contributed by atoms with Crippen LogP contribution in [0.4, 0.5) is 23.7 Å². The van der Waals surface area contributed by atoms with Crippen molar-refractivity contribution in [2.45, 2.75) is 39.2 Å². The summed E-state index contributed by atoms with van der Waals surface area (Å²) >= 11 is 0. The molecule has 1 rings (SSSR count). The summed E-state index contributed by atoms with van der Waals surface area (Å²) in [6.45, 7) is 6.17. The molecule has 0 radical (unpaired) electrons. The average Bonchev–Trinajstić information content (AvgIpc) is 2.34. The molecule has 0 bridgehead atoms. The van der Waals surface area contributed by atoms with Gasteiger partial charge in [0.05, 0.1) is 0 Å². The molecule has 0 spiro atoms. The number of hydrogen-bond acceptors (Lipinski definition) is 4. The number of alkyl halides is 3. The first-order valence-electron chi connectivity index (χ1n) is 7.12. The standard InChI is InChI=1S/C15H21F3N2O3/c1-14(2,3)23-13(21)20-9-5-8-19-11-6-4-7-12(10-11)22-15(16,17)18/h4,6-7,10,19H,5,8-9H2,1-3H3,(H,20,21). The van der Waals surface area contributed by atoms with Gasteiger partial charge < -0.3 is 20.1 Å². The maximum Gasteiger partial charge on any atom is 0.573 e. The molecule has 0 fully saturated rings. The van der Waals surface area contributed by atoms with E-state index in [4.69, 9.17) is 4.74 Å². The summed E-state index contributed by atoms with van der Waals surface area (Å²) in [6.07, 6.45) is -4.63. The molecular weight excluding hydrogens is 313 g/mol. The maximum absolute atomic E-state index is 12.1. The van der Waals surface area contributed by atoms with Gasteiger partial charge >= 0.3 is 12.5 Å². The number of nitrogens with one attached hydrogen (secondary N) is 2. The zero-order valence-electron chi connectivity index (χ0n) is 13.3. The van der Waals surface area contributed by atoms with Gasteiger partial charge in [-0.2, -0.15) is 0 Å². The minimum atomic E-state index is -4.71. The van der Waals surface area contributed by atoms with E-state index < -0.39 is 18.1 Å². The molecule has 0 aliphatic carbocycles.